The molecule has 0 unspecified atom stereocenters. The Bertz CT molecular complexity index is 975. The standard InChI is InChI=1S/C25H28N2O5/c1-15(13-23(28)27-22-12-6-11-20(22)24(29)30)26-25(31)32-14-21-18-9-4-2-7-16(18)17-8-3-5-10-19(17)21/h2-5,7-10,15,20-22H,6,11-14H2,1H3,(H,26,31)(H,27,28)(H,29,30)/t15-,20-,22+/m0/s1. The van der Waals surface area contributed by atoms with E-state index in [0.717, 1.165) is 28.7 Å². The molecule has 0 radical (unpaired) electrons. The first-order chi connectivity index (χ1) is 15.4. The van der Waals surface area contributed by atoms with E-state index in [1.165, 1.54) is 0 Å². The maximum absolute atomic E-state index is 12.4. The number of benzene rings is 2. The minimum Gasteiger partial charge on any atom is -0.481 e. The Morgan fingerprint density at radius 3 is 2.28 bits per heavy atom. The van der Waals surface area contributed by atoms with Crippen molar-refractivity contribution in [1.82, 2.24) is 10.6 Å². The zero-order valence-corrected chi connectivity index (χ0v) is 18.0. The Morgan fingerprint density at radius 2 is 1.66 bits per heavy atom. The van der Waals surface area contributed by atoms with Crippen molar-refractivity contribution >= 4 is 18.0 Å². The zero-order valence-electron chi connectivity index (χ0n) is 18.0. The van der Waals surface area contributed by atoms with Crippen LogP contribution in [0.2, 0.25) is 0 Å². The number of carbonyl (C=O) groups is 3. The molecule has 2 amide bonds. The first-order valence-corrected chi connectivity index (χ1v) is 11.1. The highest BCUT2D eigenvalue weighted by Crippen LogP contribution is 2.44. The molecule has 2 aliphatic carbocycles. The van der Waals surface area contributed by atoms with Crippen molar-refractivity contribution in [2.24, 2.45) is 5.92 Å². The van der Waals surface area contributed by atoms with Crippen molar-refractivity contribution < 1.29 is 24.2 Å². The normalized spacial score (nSPS) is 20.2. The van der Waals surface area contributed by atoms with E-state index < -0.39 is 24.0 Å². The third-order valence-electron chi connectivity index (χ3n) is 6.38. The maximum Gasteiger partial charge on any atom is 0.407 e. The van der Waals surface area contributed by atoms with Gasteiger partial charge in [0, 0.05) is 24.4 Å². The molecule has 0 aromatic heterocycles. The van der Waals surface area contributed by atoms with Gasteiger partial charge in [0.15, 0.2) is 0 Å². The highest BCUT2D eigenvalue weighted by Gasteiger charge is 2.34. The van der Waals surface area contributed by atoms with E-state index in [1.54, 1.807) is 6.92 Å². The zero-order chi connectivity index (χ0) is 22.7. The van der Waals surface area contributed by atoms with Crippen LogP contribution in [0.25, 0.3) is 11.1 Å². The Labute approximate surface area is 187 Å². The molecule has 0 spiro atoms. The van der Waals surface area contributed by atoms with Gasteiger partial charge in [-0.05, 0) is 42.0 Å². The Kier molecular flexibility index (Phi) is 6.44. The second-order valence-electron chi connectivity index (χ2n) is 8.62. The molecule has 3 N–H and O–H groups in total. The molecule has 1 fully saturated rings. The van der Waals surface area contributed by atoms with E-state index in [4.69, 9.17) is 4.74 Å². The summed E-state index contributed by atoms with van der Waals surface area (Å²) in [6.45, 7) is 1.94. The van der Waals surface area contributed by atoms with E-state index in [9.17, 15) is 19.5 Å². The topological polar surface area (TPSA) is 105 Å². The summed E-state index contributed by atoms with van der Waals surface area (Å²) in [6.07, 6.45) is 1.52. The molecule has 0 aliphatic heterocycles. The van der Waals surface area contributed by atoms with Gasteiger partial charge in [-0.1, -0.05) is 55.0 Å². The van der Waals surface area contributed by atoms with Crippen LogP contribution in [-0.2, 0) is 14.3 Å². The molecule has 168 valence electrons. The van der Waals surface area contributed by atoms with Gasteiger partial charge in [-0.3, -0.25) is 9.59 Å². The van der Waals surface area contributed by atoms with Crippen LogP contribution < -0.4 is 10.6 Å². The van der Waals surface area contributed by atoms with Gasteiger partial charge in [0.2, 0.25) is 5.91 Å². The summed E-state index contributed by atoms with van der Waals surface area (Å²) in [5, 5.41) is 14.7. The number of hydrogen-bond donors (Lipinski definition) is 3. The number of nitrogens with one attached hydrogen (secondary N) is 2. The number of amides is 2. The third kappa shape index (κ3) is 4.61. The average Bonchev–Trinajstić information content (AvgIpc) is 3.34. The van der Waals surface area contributed by atoms with E-state index in [-0.39, 0.29) is 30.9 Å². The second kappa shape index (κ2) is 9.42. The summed E-state index contributed by atoms with van der Waals surface area (Å²) in [5.74, 6) is -1.71. The summed E-state index contributed by atoms with van der Waals surface area (Å²) in [5.41, 5.74) is 4.60. The quantitative estimate of drug-likeness (QED) is 0.614. The van der Waals surface area contributed by atoms with Gasteiger partial charge in [-0.2, -0.15) is 0 Å². The fourth-order valence-corrected chi connectivity index (χ4v) is 4.86. The van der Waals surface area contributed by atoms with Crippen LogP contribution in [0.4, 0.5) is 4.79 Å². The van der Waals surface area contributed by atoms with Crippen LogP contribution in [0.5, 0.6) is 0 Å². The third-order valence-corrected chi connectivity index (χ3v) is 6.38. The number of fused-ring (bicyclic) bond motifs is 3. The van der Waals surface area contributed by atoms with Crippen molar-refractivity contribution in [3.63, 3.8) is 0 Å². The van der Waals surface area contributed by atoms with Gasteiger partial charge in [0.25, 0.3) is 0 Å². The fraction of sp³-hybridized carbons (Fsp3) is 0.400. The monoisotopic (exact) mass is 436 g/mol. The molecular weight excluding hydrogens is 408 g/mol. The Morgan fingerprint density at radius 1 is 1.03 bits per heavy atom. The number of ether oxygens (including phenoxy) is 1. The molecule has 1 saturated carbocycles. The van der Waals surface area contributed by atoms with Crippen LogP contribution >= 0.6 is 0 Å². The molecule has 7 heteroatoms. The Balaban J connectivity index is 1.28. The SMILES string of the molecule is C[C@@H](CC(=O)N[C@@H]1CCC[C@@H]1C(=O)O)NC(=O)OCC1c2ccccc2-c2ccccc21. The fourth-order valence-electron chi connectivity index (χ4n) is 4.86. The number of alkyl carbamates (subject to hydrolysis) is 1. The first-order valence-electron chi connectivity index (χ1n) is 11.1. The molecule has 0 heterocycles. The van der Waals surface area contributed by atoms with Crippen LogP contribution in [0.3, 0.4) is 0 Å². The van der Waals surface area contributed by atoms with Crippen molar-refractivity contribution in [3.8, 4) is 11.1 Å². The lowest BCUT2D eigenvalue weighted by molar-refractivity contribution is -0.142. The van der Waals surface area contributed by atoms with Crippen molar-refractivity contribution in [2.45, 2.75) is 50.6 Å². The molecule has 0 saturated heterocycles. The minimum absolute atomic E-state index is 0.0259. The van der Waals surface area contributed by atoms with Gasteiger partial charge >= 0.3 is 12.1 Å². The van der Waals surface area contributed by atoms with Gasteiger partial charge < -0.3 is 20.5 Å². The van der Waals surface area contributed by atoms with Crippen molar-refractivity contribution in [1.29, 1.82) is 0 Å². The minimum atomic E-state index is -0.877. The number of carboxylic acids is 1. The largest absolute Gasteiger partial charge is 0.481 e. The molecule has 0 bridgehead atoms. The Hall–Kier alpha value is -3.35. The van der Waals surface area contributed by atoms with Crippen molar-refractivity contribution in [2.75, 3.05) is 6.61 Å². The summed E-state index contributed by atoms with van der Waals surface area (Å²) < 4.78 is 5.51. The van der Waals surface area contributed by atoms with Crippen LogP contribution in [-0.4, -0.2) is 41.8 Å². The summed E-state index contributed by atoms with van der Waals surface area (Å²) >= 11 is 0. The molecule has 2 aromatic rings. The lowest BCUT2D eigenvalue weighted by Crippen LogP contribution is -2.43. The summed E-state index contributed by atoms with van der Waals surface area (Å²) in [7, 11) is 0. The van der Waals surface area contributed by atoms with E-state index in [1.807, 2.05) is 24.3 Å². The predicted octanol–water partition coefficient (Wildman–Crippen LogP) is 3.67. The predicted molar refractivity (Wildman–Crippen MR) is 119 cm³/mol. The van der Waals surface area contributed by atoms with E-state index >= 15 is 0 Å². The van der Waals surface area contributed by atoms with Crippen LogP contribution in [0.1, 0.15) is 49.7 Å². The van der Waals surface area contributed by atoms with Gasteiger partial charge in [0.05, 0.1) is 5.92 Å². The molecule has 4 rings (SSSR count). The maximum atomic E-state index is 12.4. The average molecular weight is 437 g/mol. The number of aliphatic carboxylic acids is 1. The van der Waals surface area contributed by atoms with Gasteiger partial charge in [-0.25, -0.2) is 4.79 Å². The smallest absolute Gasteiger partial charge is 0.407 e. The van der Waals surface area contributed by atoms with Crippen LogP contribution in [0, 0.1) is 5.92 Å². The number of carbonyl (C=O) groups excluding carboxylic acids is 2. The molecule has 3 atom stereocenters. The summed E-state index contributed by atoms with van der Waals surface area (Å²) in [4.78, 5) is 35.9. The molecule has 32 heavy (non-hydrogen) atoms. The molecule has 2 aromatic carbocycles. The van der Waals surface area contributed by atoms with Crippen molar-refractivity contribution in [3.05, 3.63) is 59.7 Å². The summed E-state index contributed by atoms with van der Waals surface area (Å²) in [6, 6.07) is 15.5. The lowest BCUT2D eigenvalue weighted by atomic mass is 9.98. The number of carboxylic acid groups (broad SMARTS) is 1. The molecule has 7 nitrogen and oxygen atoms in total. The lowest BCUT2D eigenvalue weighted by Gasteiger charge is -2.20. The van der Waals surface area contributed by atoms with E-state index in [2.05, 4.69) is 34.9 Å². The van der Waals surface area contributed by atoms with Gasteiger partial charge in [0.1, 0.15) is 6.61 Å². The molecule has 2 aliphatic rings. The molecular formula is C25H28N2O5. The van der Waals surface area contributed by atoms with Crippen LogP contribution in [0.15, 0.2) is 48.5 Å². The highest BCUT2D eigenvalue weighted by atomic mass is 16.5. The number of hydrogen-bond acceptors (Lipinski definition) is 4. The number of rotatable bonds is 7. The second-order valence-corrected chi connectivity index (χ2v) is 8.62. The first kappa shape index (κ1) is 21.9. The van der Waals surface area contributed by atoms with E-state index in [0.29, 0.717) is 12.8 Å². The highest BCUT2D eigenvalue weighted by molar-refractivity contribution is 5.80. The van der Waals surface area contributed by atoms with Gasteiger partial charge in [-0.15, -0.1) is 0 Å².